The van der Waals surface area contributed by atoms with Crippen molar-refractivity contribution in [2.45, 2.75) is 24.7 Å². The van der Waals surface area contributed by atoms with Gasteiger partial charge in [-0.25, -0.2) is 0 Å². The van der Waals surface area contributed by atoms with Gasteiger partial charge >= 0.3 is 5.97 Å². The summed E-state index contributed by atoms with van der Waals surface area (Å²) >= 11 is 0. The molecule has 5 heteroatoms. The van der Waals surface area contributed by atoms with Crippen LogP contribution in [0.3, 0.4) is 0 Å². The number of hydrogen-bond acceptors (Lipinski definition) is 4. The van der Waals surface area contributed by atoms with Gasteiger partial charge in [0.15, 0.2) is 6.10 Å². The molecular weight excluding hydrogens is 150 g/mol. The summed E-state index contributed by atoms with van der Waals surface area (Å²) in [5.41, 5.74) is 3.62. The molecule has 0 aromatic rings. The molecule has 0 radical (unpaired) electrons. The zero-order valence-corrected chi connectivity index (χ0v) is 6.06. The first-order chi connectivity index (χ1) is 5.15. The van der Waals surface area contributed by atoms with Gasteiger partial charge in [-0.3, -0.25) is 4.79 Å². The number of aliphatic hydroxyl groups excluding tert-OH is 2. The third-order valence-electron chi connectivity index (χ3n) is 1.73. The maximum Gasteiger partial charge on any atom is 0.312 e. The molecule has 1 saturated heterocycles. The van der Waals surface area contributed by atoms with Crippen LogP contribution in [0.2, 0.25) is 0 Å². The molecule has 0 aliphatic carbocycles. The number of carbonyl (C=O) groups excluding carboxylic acids is 1. The van der Waals surface area contributed by atoms with Crippen molar-refractivity contribution in [1.82, 2.24) is 0 Å². The second-order valence-corrected chi connectivity index (χ2v) is 2.67. The van der Waals surface area contributed by atoms with E-state index in [0.717, 1.165) is 0 Å². The summed E-state index contributed by atoms with van der Waals surface area (Å²) < 4.78 is 4.71. The van der Waals surface area contributed by atoms with Crippen molar-refractivity contribution >= 4 is 5.97 Å². The Morgan fingerprint density at radius 2 is 2.45 bits per heavy atom. The van der Waals surface area contributed by atoms with Crippen molar-refractivity contribution in [3.05, 3.63) is 0 Å². The largest absolute Gasteiger partial charge is 0.453 e. The molecule has 0 saturated carbocycles. The zero-order valence-electron chi connectivity index (χ0n) is 6.06. The van der Waals surface area contributed by atoms with Gasteiger partial charge in [0.25, 0.3) is 0 Å². The van der Waals surface area contributed by atoms with Crippen LogP contribution in [0.1, 0.15) is 6.42 Å². The van der Waals surface area contributed by atoms with Crippen molar-refractivity contribution in [2.75, 3.05) is 6.61 Å². The lowest BCUT2D eigenvalue weighted by Crippen LogP contribution is -2.66. The van der Waals surface area contributed by atoms with Gasteiger partial charge in [-0.2, -0.15) is 0 Å². The molecular formula is C6H12NO4+. The molecule has 0 bridgehead atoms. The third kappa shape index (κ3) is 1.68. The molecule has 1 fully saturated rings. The highest BCUT2D eigenvalue weighted by Gasteiger charge is 2.39. The maximum atomic E-state index is 10.6. The van der Waals surface area contributed by atoms with Gasteiger partial charge in [-0.05, 0) is 0 Å². The molecule has 1 aliphatic heterocycles. The molecule has 11 heavy (non-hydrogen) atoms. The molecule has 0 spiro atoms. The molecule has 3 atom stereocenters. The smallest absolute Gasteiger partial charge is 0.312 e. The second-order valence-electron chi connectivity index (χ2n) is 2.67. The third-order valence-corrected chi connectivity index (χ3v) is 1.73. The minimum atomic E-state index is -0.996. The van der Waals surface area contributed by atoms with Crippen molar-refractivity contribution < 1.29 is 25.5 Å². The number of hydrogen-bond donors (Lipinski definition) is 3. The lowest BCUT2D eigenvalue weighted by molar-refractivity contribution is -0.431. The van der Waals surface area contributed by atoms with Gasteiger partial charge in [0, 0.05) is 0 Å². The number of carbonyl (C=O) groups is 1. The van der Waals surface area contributed by atoms with E-state index in [1.54, 1.807) is 0 Å². The molecule has 64 valence electrons. The fourth-order valence-corrected chi connectivity index (χ4v) is 1.12. The molecule has 1 aliphatic rings. The van der Waals surface area contributed by atoms with Crippen LogP contribution in [-0.2, 0) is 9.53 Å². The van der Waals surface area contributed by atoms with E-state index in [1.165, 1.54) is 0 Å². The van der Waals surface area contributed by atoms with Crippen molar-refractivity contribution in [3.8, 4) is 0 Å². The second kappa shape index (κ2) is 3.17. The lowest BCUT2D eigenvalue weighted by atomic mass is 10.1. The van der Waals surface area contributed by atoms with E-state index in [-0.39, 0.29) is 18.4 Å². The van der Waals surface area contributed by atoms with E-state index in [4.69, 9.17) is 14.9 Å². The van der Waals surface area contributed by atoms with Crippen LogP contribution >= 0.6 is 0 Å². The first kappa shape index (κ1) is 8.45. The average molecular weight is 162 g/mol. The Morgan fingerprint density at radius 1 is 1.82 bits per heavy atom. The Bertz CT molecular complexity index is 161. The first-order valence-corrected chi connectivity index (χ1v) is 3.46. The Hall–Kier alpha value is -0.650. The zero-order chi connectivity index (χ0) is 8.43. The predicted octanol–water partition coefficient (Wildman–Crippen LogP) is -2.73. The maximum absolute atomic E-state index is 10.6. The highest BCUT2D eigenvalue weighted by Crippen LogP contribution is 2.14. The molecule has 5 N–H and O–H groups in total. The van der Waals surface area contributed by atoms with Gasteiger partial charge in [-0.1, -0.05) is 0 Å². The van der Waals surface area contributed by atoms with E-state index in [1.807, 2.05) is 0 Å². The van der Waals surface area contributed by atoms with E-state index in [0.29, 0.717) is 0 Å². The summed E-state index contributed by atoms with van der Waals surface area (Å²) in [5, 5.41) is 17.6. The number of cyclic esters (lactones) is 1. The molecule has 0 aromatic carbocycles. The summed E-state index contributed by atoms with van der Waals surface area (Å²) in [6.07, 6.45) is -1.40. The number of aliphatic hydroxyl groups is 2. The molecule has 0 aromatic heterocycles. The number of rotatable bonds is 2. The van der Waals surface area contributed by atoms with Crippen LogP contribution in [0.25, 0.3) is 0 Å². The summed E-state index contributed by atoms with van der Waals surface area (Å²) in [7, 11) is 0. The molecule has 0 unspecified atom stereocenters. The predicted molar refractivity (Wildman–Crippen MR) is 34.3 cm³/mol. The molecule has 5 nitrogen and oxygen atoms in total. The van der Waals surface area contributed by atoms with Crippen molar-refractivity contribution in [1.29, 1.82) is 0 Å². The van der Waals surface area contributed by atoms with Gasteiger partial charge in [0.1, 0.15) is 18.6 Å². The van der Waals surface area contributed by atoms with Crippen LogP contribution in [0.4, 0.5) is 0 Å². The van der Waals surface area contributed by atoms with Crippen molar-refractivity contribution in [3.63, 3.8) is 0 Å². The summed E-state index contributed by atoms with van der Waals surface area (Å²) in [4.78, 5) is 10.6. The van der Waals surface area contributed by atoms with Crippen molar-refractivity contribution in [2.24, 2.45) is 0 Å². The molecule has 1 rings (SSSR count). The van der Waals surface area contributed by atoms with Crippen LogP contribution in [-0.4, -0.2) is 41.0 Å². The summed E-state index contributed by atoms with van der Waals surface area (Å²) in [5.74, 6) is -0.359. The lowest BCUT2D eigenvalue weighted by Gasteiger charge is -2.15. The van der Waals surface area contributed by atoms with Crippen LogP contribution in [0.15, 0.2) is 0 Å². The van der Waals surface area contributed by atoms with Gasteiger partial charge in [0.2, 0.25) is 0 Å². The first-order valence-electron chi connectivity index (χ1n) is 3.46. The molecule has 0 amide bonds. The Morgan fingerprint density at radius 3 is 2.82 bits per heavy atom. The topological polar surface area (TPSA) is 94.4 Å². The SMILES string of the molecule is [NH3+][C@@H]1CC(=O)O[C@@H]1[C@H](O)CO. The quantitative estimate of drug-likeness (QED) is 0.384. The highest BCUT2D eigenvalue weighted by molar-refractivity contribution is 5.72. The minimum Gasteiger partial charge on any atom is -0.453 e. The number of ether oxygens (including phenoxy) is 1. The van der Waals surface area contributed by atoms with E-state index in [9.17, 15) is 4.79 Å². The van der Waals surface area contributed by atoms with E-state index < -0.39 is 18.8 Å². The Kier molecular flexibility index (Phi) is 2.43. The molecule has 1 heterocycles. The average Bonchev–Trinajstić information content (AvgIpc) is 2.28. The minimum absolute atomic E-state index is 0.224. The van der Waals surface area contributed by atoms with Crippen LogP contribution in [0.5, 0.6) is 0 Å². The Labute approximate surface area is 63.8 Å². The van der Waals surface area contributed by atoms with E-state index in [2.05, 4.69) is 5.73 Å². The van der Waals surface area contributed by atoms with Crippen LogP contribution in [0, 0.1) is 0 Å². The summed E-state index contributed by atoms with van der Waals surface area (Å²) in [6.45, 7) is -0.399. The fourth-order valence-electron chi connectivity index (χ4n) is 1.12. The van der Waals surface area contributed by atoms with Gasteiger partial charge < -0.3 is 20.7 Å². The highest BCUT2D eigenvalue weighted by atomic mass is 16.6. The van der Waals surface area contributed by atoms with Crippen LogP contribution < -0.4 is 5.73 Å². The fraction of sp³-hybridized carbons (Fsp3) is 0.833. The van der Waals surface area contributed by atoms with E-state index >= 15 is 0 Å². The number of quaternary nitrogens is 1. The standard InChI is InChI=1S/C6H11NO4/c7-3-1-5(10)11-6(3)4(9)2-8/h3-4,6,8-9H,1-2,7H2/p+1/t3-,4-,6+/m1/s1. The normalized spacial score (nSPS) is 33.5. The monoisotopic (exact) mass is 162 g/mol. The number of esters is 1. The summed E-state index contributed by atoms with van der Waals surface area (Å²) in [6, 6.07) is -0.246. The van der Waals surface area contributed by atoms with Gasteiger partial charge in [-0.15, -0.1) is 0 Å². The van der Waals surface area contributed by atoms with Gasteiger partial charge in [0.05, 0.1) is 6.61 Å². The Balaban J connectivity index is 2.52.